The summed E-state index contributed by atoms with van der Waals surface area (Å²) in [5, 5.41) is 19.8. The Morgan fingerprint density at radius 3 is 1.82 bits per heavy atom. The molecule has 0 aliphatic carbocycles. The number of aryl methyl sites for hydroxylation is 2. The van der Waals surface area contributed by atoms with Crippen molar-refractivity contribution in [2.24, 2.45) is 10.7 Å². The molecule has 0 fully saturated rings. The average molecular weight is 1050 g/mol. The van der Waals surface area contributed by atoms with Gasteiger partial charge in [0.15, 0.2) is 17.5 Å². The Labute approximate surface area is 449 Å². The predicted molar refractivity (Wildman–Crippen MR) is 264 cm³/mol. The van der Waals surface area contributed by atoms with Crippen LogP contribution in [-0.2, 0) is 42.9 Å². The summed E-state index contributed by atoms with van der Waals surface area (Å²) in [6.07, 6.45) is -0.329. The largest absolute Gasteiger partial charge is 1.00 e. The third kappa shape index (κ3) is 30.2. The number of aliphatic imine (C=N–C) groups is 1. The first-order valence-electron chi connectivity index (χ1n) is 22.0. The number of carbonyl (C=O) groups is 5. The normalized spacial score (nSPS) is 9.97. The fourth-order valence-electron chi connectivity index (χ4n) is 5.06. The molecular formula is C50H61F2N6NaO15. The second-order valence-electron chi connectivity index (χ2n) is 13.7. The van der Waals surface area contributed by atoms with Gasteiger partial charge in [-0.3, -0.25) is 19.8 Å². The first kappa shape index (κ1) is 68.3. The van der Waals surface area contributed by atoms with Gasteiger partial charge in [-0.2, -0.15) is 0 Å². The van der Waals surface area contributed by atoms with E-state index < -0.39 is 41.1 Å². The molecule has 24 heteroatoms. The third-order valence-corrected chi connectivity index (χ3v) is 7.90. The number of nitrogens with one attached hydrogen (secondary N) is 3. The Morgan fingerprint density at radius 1 is 0.770 bits per heavy atom. The van der Waals surface area contributed by atoms with Gasteiger partial charge >= 0.3 is 65.9 Å². The van der Waals surface area contributed by atoms with Gasteiger partial charge in [0.1, 0.15) is 47.3 Å². The van der Waals surface area contributed by atoms with Crippen LogP contribution in [0.15, 0.2) is 94.7 Å². The summed E-state index contributed by atoms with van der Waals surface area (Å²) in [5.74, 6) is -3.61. The molecule has 4 rings (SSSR count). The molecule has 21 nitrogen and oxygen atoms in total. The molecule has 0 radical (unpaired) electrons. The third-order valence-electron chi connectivity index (χ3n) is 7.90. The predicted octanol–water partition coefficient (Wildman–Crippen LogP) is 3.89. The monoisotopic (exact) mass is 1050 g/mol. The molecule has 0 unspecified atom stereocenters. The Bertz CT molecular complexity index is 2570. The maximum Gasteiger partial charge on any atom is 1.00 e. The standard InChI is InChI=1S/C16H17FN2O4.C13H18N2O3.C11H13NO3.C5H7FO3.C5H7NO2.Na/c1-4-23-16(21)12-8-13(17)15(20)19-14(12)18-10-5-9(2)6-11(7-10)22-3;1-4-18-13(16)8-12(14)15-10-5-9(2)6-11(7-10)17-3;1-2-14-11(13)8-10(12)15-9-6-4-3-5-7-9;1-2-9-5(8)4(6)3-7;1-3-8-5(7)4-6-2;/h5-8H,4H2,1-3H3,(H2,18,19,20);5-7H,4,8H2,1-3H3,(H2,14,15);3-7,12H,2,8H2,1H3;3,7H,2H2,1H3;3-4H2,1H3;/q;;;;;+1/p-1/b;;;4-3+;;. The van der Waals surface area contributed by atoms with Crippen molar-refractivity contribution in [2.45, 2.75) is 61.3 Å². The number of para-hydroxylation sites is 1. The zero-order chi connectivity index (χ0) is 55.3. The van der Waals surface area contributed by atoms with E-state index in [1.807, 2.05) is 38.1 Å². The fraction of sp³-hybridized carbons (Fsp3) is 0.340. The van der Waals surface area contributed by atoms with E-state index in [1.54, 1.807) is 77.3 Å². The summed E-state index contributed by atoms with van der Waals surface area (Å²) in [6, 6.07) is 20.5. The van der Waals surface area contributed by atoms with E-state index in [0.29, 0.717) is 48.4 Å². The minimum Gasteiger partial charge on any atom is -0.876 e. The zero-order valence-electron chi connectivity index (χ0n) is 43.0. The number of rotatable bonds is 18. The molecule has 396 valence electrons. The van der Waals surface area contributed by atoms with Crippen LogP contribution in [0.5, 0.6) is 17.2 Å². The zero-order valence-corrected chi connectivity index (χ0v) is 45.0. The summed E-state index contributed by atoms with van der Waals surface area (Å²) in [7, 11) is 3.12. The van der Waals surface area contributed by atoms with E-state index >= 15 is 0 Å². The van der Waals surface area contributed by atoms with E-state index in [2.05, 4.69) is 29.6 Å². The van der Waals surface area contributed by atoms with Gasteiger partial charge in [-0.15, -0.1) is 6.26 Å². The summed E-state index contributed by atoms with van der Waals surface area (Å²) >= 11 is 0. The van der Waals surface area contributed by atoms with Crippen molar-refractivity contribution in [3.05, 3.63) is 129 Å². The van der Waals surface area contributed by atoms with Gasteiger partial charge in [0, 0.05) is 17.8 Å². The van der Waals surface area contributed by atoms with Crippen molar-refractivity contribution in [3.8, 4) is 17.2 Å². The number of aromatic nitrogens is 1. The van der Waals surface area contributed by atoms with Crippen LogP contribution in [-0.4, -0.2) is 100 Å². The number of anilines is 2. The molecular weight excluding hydrogens is 986 g/mol. The molecule has 4 aromatic rings. The van der Waals surface area contributed by atoms with E-state index in [1.165, 1.54) is 14.0 Å². The van der Waals surface area contributed by atoms with Crippen molar-refractivity contribution >= 4 is 58.8 Å². The van der Waals surface area contributed by atoms with Crippen LogP contribution in [0.2, 0.25) is 0 Å². The molecule has 5 N–H and O–H groups in total. The van der Waals surface area contributed by atoms with Crippen LogP contribution in [0.4, 0.5) is 26.0 Å². The van der Waals surface area contributed by atoms with Gasteiger partial charge in [-0.05, 0) is 102 Å². The molecule has 0 atom stereocenters. The van der Waals surface area contributed by atoms with Gasteiger partial charge in [-0.25, -0.2) is 34.7 Å². The van der Waals surface area contributed by atoms with Crippen LogP contribution in [0.25, 0.3) is 4.85 Å². The summed E-state index contributed by atoms with van der Waals surface area (Å²) in [5.41, 5.74) is 7.82. The summed E-state index contributed by atoms with van der Waals surface area (Å²) in [4.78, 5) is 75.3. The second kappa shape index (κ2) is 39.8. The molecule has 0 aliphatic rings. The molecule has 0 saturated heterocycles. The molecule has 1 aromatic heterocycles. The van der Waals surface area contributed by atoms with Gasteiger partial charge < -0.3 is 63.9 Å². The number of benzene rings is 3. The Balaban J connectivity index is 0. The molecule has 0 amide bonds. The first-order chi connectivity index (χ1) is 34.7. The molecule has 0 spiro atoms. The molecule has 3 aromatic carbocycles. The smallest absolute Gasteiger partial charge is 0.876 e. The van der Waals surface area contributed by atoms with Crippen LogP contribution >= 0.6 is 0 Å². The number of halogens is 2. The number of nitrogens with zero attached hydrogens (tertiary/aromatic N) is 2. The van der Waals surface area contributed by atoms with Crippen molar-refractivity contribution in [3.63, 3.8) is 0 Å². The number of hydrogen-bond acceptors (Lipinski definition) is 18. The van der Waals surface area contributed by atoms with E-state index in [-0.39, 0.29) is 97.5 Å². The van der Waals surface area contributed by atoms with Gasteiger partial charge in [0.25, 0.3) is 5.56 Å². The number of aromatic amines is 1. The number of pyridine rings is 1. The van der Waals surface area contributed by atoms with E-state index in [9.17, 15) is 42.7 Å². The average Bonchev–Trinajstić information content (AvgIpc) is 3.33. The van der Waals surface area contributed by atoms with Crippen LogP contribution in [0.3, 0.4) is 0 Å². The quantitative estimate of drug-likeness (QED) is 0.0161. The first-order valence-corrected chi connectivity index (χ1v) is 22.0. The number of esters is 5. The van der Waals surface area contributed by atoms with Crippen molar-refractivity contribution in [2.75, 3.05) is 59.1 Å². The number of H-pyrrole nitrogens is 1. The SMILES string of the molecule is CCOC(=O)/C(F)=C\[O-].CCOC(=O)CC(=N)Oc1ccccc1.CCOC(=O)CC(N)=Nc1cc(C)cc(OC)c1.CCOC(=O)c1cc(F)c(=O)[nH]c1Nc1cc(C)cc(OC)c1.[C-]#[N+]CC(=O)OCC.[Na+]. The van der Waals surface area contributed by atoms with Crippen LogP contribution < -0.4 is 65.5 Å². The molecule has 74 heavy (non-hydrogen) atoms. The van der Waals surface area contributed by atoms with Gasteiger partial charge in [0.05, 0.1) is 52.9 Å². The number of carbonyl (C=O) groups excluding carboxylic acids is 5. The number of hydrogen-bond donors (Lipinski definition) is 4. The van der Waals surface area contributed by atoms with E-state index in [4.69, 9.17) is 46.1 Å². The second-order valence-corrected chi connectivity index (χ2v) is 13.7. The van der Waals surface area contributed by atoms with Crippen LogP contribution in [0.1, 0.15) is 68.9 Å². The Morgan fingerprint density at radius 2 is 1.30 bits per heavy atom. The number of methoxy groups -OCH3 is 2. The minimum atomic E-state index is -1.39. The van der Waals surface area contributed by atoms with Crippen molar-refractivity contribution < 1.29 is 105 Å². The number of nitrogens with two attached hydrogens (primary N) is 1. The molecule has 0 bridgehead atoms. The molecule has 0 saturated carbocycles. The van der Waals surface area contributed by atoms with E-state index in [0.717, 1.165) is 17.2 Å². The number of amidine groups is 1. The topological polar surface area (TPSA) is 294 Å². The van der Waals surface area contributed by atoms with Crippen LogP contribution in [0, 0.1) is 31.6 Å². The molecule has 0 aliphatic heterocycles. The van der Waals surface area contributed by atoms with Gasteiger partial charge in [-0.1, -0.05) is 18.2 Å². The van der Waals surface area contributed by atoms with Gasteiger partial charge in [0.2, 0.25) is 0 Å². The summed E-state index contributed by atoms with van der Waals surface area (Å²) in [6.45, 7) is 19.4. The Hall–Kier alpha value is -7.81. The number of ether oxygens (including phenoxy) is 8. The minimum absolute atomic E-state index is 0. The van der Waals surface area contributed by atoms with Crippen molar-refractivity contribution in [1.29, 1.82) is 5.41 Å². The fourth-order valence-corrected chi connectivity index (χ4v) is 5.06. The maximum absolute atomic E-state index is 13.5. The maximum atomic E-state index is 13.5. The molecule has 1 heterocycles. The summed E-state index contributed by atoms with van der Waals surface area (Å²) < 4.78 is 63.6. The Kier molecular flexibility index (Phi) is 36.7. The van der Waals surface area contributed by atoms with Crippen molar-refractivity contribution in [1.82, 2.24) is 4.98 Å².